The Bertz CT molecular complexity index is 544. The summed E-state index contributed by atoms with van der Waals surface area (Å²) in [4.78, 5) is 16.9. The maximum Gasteiger partial charge on any atom is 0.225 e. The molecule has 0 bridgehead atoms. The molecule has 0 aromatic heterocycles. The Morgan fingerprint density at radius 1 is 1.17 bits per heavy atom. The predicted octanol–water partition coefficient (Wildman–Crippen LogP) is 1.99. The highest BCUT2D eigenvalue weighted by Gasteiger charge is 2.32. The molecule has 0 radical (unpaired) electrons. The van der Waals surface area contributed by atoms with Gasteiger partial charge < -0.3 is 15.4 Å². The number of ether oxygens (including phenoxy) is 1. The van der Waals surface area contributed by atoms with Gasteiger partial charge in [0.15, 0.2) is 0 Å². The first-order valence-electron chi connectivity index (χ1n) is 8.77. The lowest BCUT2D eigenvalue weighted by Gasteiger charge is -2.35. The number of carbonyl (C=O) groups is 1. The predicted molar refractivity (Wildman–Crippen MR) is 95.3 cm³/mol. The van der Waals surface area contributed by atoms with Crippen LogP contribution in [0.4, 0.5) is 0 Å². The van der Waals surface area contributed by atoms with Crippen LogP contribution in [0.25, 0.3) is 0 Å². The van der Waals surface area contributed by atoms with E-state index in [2.05, 4.69) is 4.90 Å². The molecule has 2 unspecified atom stereocenters. The van der Waals surface area contributed by atoms with Crippen LogP contribution in [-0.2, 0) is 4.79 Å². The van der Waals surface area contributed by atoms with Gasteiger partial charge in [-0.05, 0) is 43.5 Å². The molecule has 6 heteroatoms. The van der Waals surface area contributed by atoms with Gasteiger partial charge in [0.25, 0.3) is 0 Å². The topological polar surface area (TPSA) is 58.8 Å². The van der Waals surface area contributed by atoms with Crippen LogP contribution in [-0.4, -0.2) is 61.1 Å². The third-order valence-electron chi connectivity index (χ3n) is 5.00. The fourth-order valence-electron chi connectivity index (χ4n) is 3.51. The summed E-state index contributed by atoms with van der Waals surface area (Å²) in [5.74, 6) is 1.30. The molecule has 132 valence electrons. The van der Waals surface area contributed by atoms with E-state index >= 15 is 0 Å². The van der Waals surface area contributed by atoms with Crippen molar-refractivity contribution in [1.82, 2.24) is 9.80 Å². The van der Waals surface area contributed by atoms with Crippen LogP contribution in [0, 0.1) is 5.92 Å². The molecular formula is C18H26ClN3O2. The van der Waals surface area contributed by atoms with E-state index in [1.807, 2.05) is 29.2 Å². The van der Waals surface area contributed by atoms with Crippen molar-refractivity contribution < 1.29 is 9.53 Å². The van der Waals surface area contributed by atoms with Crippen molar-refractivity contribution in [3.8, 4) is 5.75 Å². The molecule has 1 heterocycles. The van der Waals surface area contributed by atoms with Crippen molar-refractivity contribution in [2.24, 2.45) is 11.7 Å². The molecule has 5 nitrogen and oxygen atoms in total. The average molecular weight is 352 g/mol. The van der Waals surface area contributed by atoms with Crippen LogP contribution in [0.3, 0.4) is 0 Å². The minimum Gasteiger partial charge on any atom is -0.492 e. The van der Waals surface area contributed by atoms with Gasteiger partial charge in [-0.15, -0.1) is 0 Å². The Kier molecular flexibility index (Phi) is 5.98. The number of amides is 1. The number of hydrogen-bond acceptors (Lipinski definition) is 4. The quantitative estimate of drug-likeness (QED) is 0.881. The molecule has 2 atom stereocenters. The summed E-state index contributed by atoms with van der Waals surface area (Å²) in [6, 6.07) is 7.63. The molecule has 2 N–H and O–H groups in total. The van der Waals surface area contributed by atoms with Crippen LogP contribution in [0.5, 0.6) is 5.75 Å². The zero-order valence-corrected chi connectivity index (χ0v) is 14.8. The van der Waals surface area contributed by atoms with Gasteiger partial charge >= 0.3 is 0 Å². The Labute approximate surface area is 148 Å². The van der Waals surface area contributed by atoms with Gasteiger partial charge in [0.2, 0.25) is 5.91 Å². The van der Waals surface area contributed by atoms with E-state index in [-0.39, 0.29) is 12.0 Å². The number of carbonyl (C=O) groups excluding carboxylic acids is 1. The number of rotatable bonds is 5. The van der Waals surface area contributed by atoms with Gasteiger partial charge in [0.1, 0.15) is 12.4 Å². The van der Waals surface area contributed by atoms with Gasteiger partial charge in [0.05, 0.1) is 0 Å². The summed E-state index contributed by atoms with van der Waals surface area (Å²) in [6.07, 6.45) is 2.79. The summed E-state index contributed by atoms with van der Waals surface area (Å²) in [7, 11) is 0. The van der Waals surface area contributed by atoms with Crippen molar-refractivity contribution in [3.63, 3.8) is 0 Å². The van der Waals surface area contributed by atoms with E-state index in [1.165, 1.54) is 0 Å². The summed E-state index contributed by atoms with van der Waals surface area (Å²) >= 11 is 5.86. The maximum atomic E-state index is 12.5. The Balaban J connectivity index is 1.36. The Hall–Kier alpha value is -1.30. The Morgan fingerprint density at radius 2 is 1.88 bits per heavy atom. The fourth-order valence-corrected chi connectivity index (χ4v) is 3.64. The van der Waals surface area contributed by atoms with Crippen LogP contribution < -0.4 is 10.5 Å². The van der Waals surface area contributed by atoms with Crippen molar-refractivity contribution >= 4 is 17.5 Å². The molecule has 24 heavy (non-hydrogen) atoms. The minimum atomic E-state index is 0.153. The van der Waals surface area contributed by atoms with E-state index in [9.17, 15) is 4.79 Å². The Morgan fingerprint density at radius 3 is 2.50 bits per heavy atom. The summed E-state index contributed by atoms with van der Waals surface area (Å²) in [5.41, 5.74) is 5.93. The highest BCUT2D eigenvalue weighted by atomic mass is 35.5. The van der Waals surface area contributed by atoms with E-state index in [0.29, 0.717) is 17.5 Å². The van der Waals surface area contributed by atoms with Crippen molar-refractivity contribution in [2.45, 2.75) is 25.3 Å². The van der Waals surface area contributed by atoms with E-state index in [0.717, 1.165) is 57.7 Å². The molecule has 1 amide bonds. The lowest BCUT2D eigenvalue weighted by molar-refractivity contribution is -0.137. The molecule has 1 aliphatic carbocycles. The molecule has 2 aliphatic rings. The molecule has 1 aliphatic heterocycles. The first-order chi connectivity index (χ1) is 11.6. The molecule has 1 aromatic rings. The zero-order chi connectivity index (χ0) is 16.9. The number of nitrogens with two attached hydrogens (primary N) is 1. The number of piperazine rings is 1. The third kappa shape index (κ3) is 4.62. The van der Waals surface area contributed by atoms with Gasteiger partial charge in [-0.3, -0.25) is 9.69 Å². The molecule has 1 saturated carbocycles. The standard InChI is InChI=1S/C18H26ClN3O2/c19-15-2-5-17(6-3-15)24-12-11-21-7-9-22(10-8-21)18(23)14-1-4-16(20)13-14/h2-3,5-6,14,16H,1,4,7-13,20H2. The minimum absolute atomic E-state index is 0.153. The SMILES string of the molecule is NC1CCC(C(=O)N2CCN(CCOc3ccc(Cl)cc3)CC2)C1. The molecule has 2 fully saturated rings. The fraction of sp³-hybridized carbons (Fsp3) is 0.611. The van der Waals surface area contributed by atoms with Gasteiger partial charge in [-0.1, -0.05) is 11.6 Å². The number of hydrogen-bond donors (Lipinski definition) is 1. The highest BCUT2D eigenvalue weighted by molar-refractivity contribution is 6.30. The van der Waals surface area contributed by atoms with Crippen LogP contribution >= 0.6 is 11.6 Å². The second kappa shape index (κ2) is 8.19. The third-order valence-corrected chi connectivity index (χ3v) is 5.25. The van der Waals surface area contributed by atoms with E-state index in [4.69, 9.17) is 22.1 Å². The number of nitrogens with zero attached hydrogens (tertiary/aromatic N) is 2. The molecular weight excluding hydrogens is 326 g/mol. The number of benzene rings is 1. The molecule has 3 rings (SSSR count). The first-order valence-corrected chi connectivity index (χ1v) is 9.14. The number of halogens is 1. The van der Waals surface area contributed by atoms with Crippen molar-refractivity contribution in [1.29, 1.82) is 0 Å². The molecule has 1 saturated heterocycles. The van der Waals surface area contributed by atoms with Gasteiger partial charge in [-0.2, -0.15) is 0 Å². The lowest BCUT2D eigenvalue weighted by atomic mass is 10.1. The smallest absolute Gasteiger partial charge is 0.225 e. The second-order valence-electron chi connectivity index (χ2n) is 6.74. The maximum absolute atomic E-state index is 12.5. The van der Waals surface area contributed by atoms with Crippen molar-refractivity contribution in [2.75, 3.05) is 39.3 Å². The van der Waals surface area contributed by atoms with Crippen LogP contribution in [0.1, 0.15) is 19.3 Å². The summed E-state index contributed by atoms with van der Waals surface area (Å²) < 4.78 is 5.74. The van der Waals surface area contributed by atoms with Crippen LogP contribution in [0.15, 0.2) is 24.3 Å². The normalized spacial score (nSPS) is 25.0. The van der Waals surface area contributed by atoms with Gasteiger partial charge in [-0.25, -0.2) is 0 Å². The summed E-state index contributed by atoms with van der Waals surface area (Å²) in [5, 5.41) is 0.714. The van der Waals surface area contributed by atoms with E-state index in [1.54, 1.807) is 0 Å². The van der Waals surface area contributed by atoms with Crippen LogP contribution in [0.2, 0.25) is 5.02 Å². The van der Waals surface area contributed by atoms with Gasteiger partial charge in [0, 0.05) is 49.7 Å². The molecule has 0 spiro atoms. The first kappa shape index (κ1) is 17.5. The summed E-state index contributed by atoms with van der Waals surface area (Å²) in [6.45, 7) is 4.96. The highest BCUT2D eigenvalue weighted by Crippen LogP contribution is 2.26. The van der Waals surface area contributed by atoms with Crippen molar-refractivity contribution in [3.05, 3.63) is 29.3 Å². The molecule has 1 aromatic carbocycles. The van der Waals surface area contributed by atoms with E-state index < -0.39 is 0 Å². The largest absolute Gasteiger partial charge is 0.492 e. The monoisotopic (exact) mass is 351 g/mol. The lowest BCUT2D eigenvalue weighted by Crippen LogP contribution is -2.50. The average Bonchev–Trinajstić information content (AvgIpc) is 3.03. The zero-order valence-electron chi connectivity index (χ0n) is 14.0. The second-order valence-corrected chi connectivity index (χ2v) is 7.18.